The first-order chi connectivity index (χ1) is 9.76. The van der Waals surface area contributed by atoms with Crippen molar-refractivity contribution >= 4 is 33.5 Å². The molecule has 2 aromatic carbocycles. The van der Waals surface area contributed by atoms with Crippen molar-refractivity contribution in [1.29, 1.82) is 0 Å². The second-order valence-electron chi connectivity index (χ2n) is 4.25. The van der Waals surface area contributed by atoms with Gasteiger partial charge in [0.05, 0.1) is 17.3 Å². The number of rotatable bonds is 3. The molecule has 0 aliphatic carbocycles. The first-order valence-electron chi connectivity index (χ1n) is 6.13. The number of fused-ring (bicyclic) bond motifs is 1. The molecule has 1 heterocycles. The summed E-state index contributed by atoms with van der Waals surface area (Å²) in [6.45, 7) is 0. The van der Waals surface area contributed by atoms with Crippen LogP contribution >= 0.6 is 11.3 Å². The van der Waals surface area contributed by atoms with Crippen molar-refractivity contribution < 1.29 is 9.13 Å². The Bertz CT molecular complexity index is 729. The molecule has 0 fully saturated rings. The summed E-state index contributed by atoms with van der Waals surface area (Å²) in [4.78, 5) is 4.29. The maximum absolute atomic E-state index is 14.2. The summed E-state index contributed by atoms with van der Waals surface area (Å²) in [6.07, 6.45) is 1.48. The lowest BCUT2D eigenvalue weighted by Crippen LogP contribution is -1.82. The monoisotopic (exact) mass is 285 g/mol. The Morgan fingerprint density at radius 3 is 2.60 bits per heavy atom. The number of methoxy groups -OCH3 is 1. The van der Waals surface area contributed by atoms with Gasteiger partial charge in [0.2, 0.25) is 0 Å². The first-order valence-corrected chi connectivity index (χ1v) is 6.95. The Morgan fingerprint density at radius 2 is 1.90 bits per heavy atom. The Balaban J connectivity index is 1.93. The lowest BCUT2D eigenvalue weighted by molar-refractivity contribution is 0.415. The molecule has 100 valence electrons. The highest BCUT2D eigenvalue weighted by atomic mass is 32.1. The van der Waals surface area contributed by atoms with Crippen LogP contribution in [-0.4, -0.2) is 12.1 Å². The van der Waals surface area contributed by atoms with Crippen molar-refractivity contribution in [3.8, 4) is 5.75 Å². The van der Waals surface area contributed by atoms with Crippen molar-refractivity contribution in [3.05, 3.63) is 59.1 Å². The average molecular weight is 285 g/mol. The van der Waals surface area contributed by atoms with Gasteiger partial charge in [-0.05, 0) is 35.9 Å². The van der Waals surface area contributed by atoms with E-state index in [2.05, 4.69) is 4.98 Å². The predicted octanol–water partition coefficient (Wildman–Crippen LogP) is 4.77. The molecule has 0 aliphatic rings. The molecule has 20 heavy (non-hydrogen) atoms. The molecule has 4 heteroatoms. The van der Waals surface area contributed by atoms with Crippen LogP contribution in [0.15, 0.2) is 48.5 Å². The van der Waals surface area contributed by atoms with Crippen molar-refractivity contribution in [2.75, 3.05) is 7.11 Å². The Hall–Kier alpha value is -2.20. The van der Waals surface area contributed by atoms with Crippen LogP contribution in [-0.2, 0) is 0 Å². The average Bonchev–Trinajstić information content (AvgIpc) is 2.92. The van der Waals surface area contributed by atoms with Gasteiger partial charge in [-0.15, -0.1) is 11.3 Å². The molecule has 0 spiro atoms. The largest absolute Gasteiger partial charge is 0.497 e. The van der Waals surface area contributed by atoms with Crippen molar-refractivity contribution in [1.82, 2.24) is 4.98 Å². The van der Waals surface area contributed by atoms with Crippen LogP contribution in [0, 0.1) is 0 Å². The van der Waals surface area contributed by atoms with Gasteiger partial charge in [0.25, 0.3) is 0 Å². The van der Waals surface area contributed by atoms with Crippen molar-refractivity contribution in [2.24, 2.45) is 0 Å². The van der Waals surface area contributed by atoms with E-state index in [1.54, 1.807) is 19.2 Å². The third kappa shape index (κ3) is 2.56. The number of halogens is 1. The lowest BCUT2D eigenvalue weighted by atomic mass is 10.2. The van der Waals surface area contributed by atoms with E-state index in [9.17, 15) is 4.39 Å². The zero-order valence-corrected chi connectivity index (χ0v) is 11.7. The minimum atomic E-state index is -0.323. The molecule has 0 atom stereocenters. The minimum absolute atomic E-state index is 0.323. The van der Waals surface area contributed by atoms with E-state index in [1.165, 1.54) is 17.4 Å². The fraction of sp³-hybridized carbons (Fsp3) is 0.0625. The summed E-state index contributed by atoms with van der Waals surface area (Å²) in [5.74, 6) is 0.430. The molecule has 0 saturated heterocycles. The van der Waals surface area contributed by atoms with Crippen LogP contribution in [0.4, 0.5) is 4.39 Å². The summed E-state index contributed by atoms with van der Waals surface area (Å²) in [5.41, 5.74) is 1.60. The van der Waals surface area contributed by atoms with Gasteiger partial charge in [-0.2, -0.15) is 0 Å². The van der Waals surface area contributed by atoms with Crippen LogP contribution in [0.3, 0.4) is 0 Å². The second-order valence-corrected chi connectivity index (χ2v) is 5.28. The number of hydrogen-bond acceptors (Lipinski definition) is 3. The molecule has 1 aromatic heterocycles. The van der Waals surface area contributed by atoms with E-state index >= 15 is 0 Å². The summed E-state index contributed by atoms with van der Waals surface area (Å²) in [6, 6.07) is 14.9. The van der Waals surface area contributed by atoms with Gasteiger partial charge in [-0.3, -0.25) is 0 Å². The molecule has 3 rings (SSSR count). The third-order valence-electron chi connectivity index (χ3n) is 2.91. The molecular formula is C16H12FNOS. The Morgan fingerprint density at radius 1 is 1.15 bits per heavy atom. The molecule has 0 amide bonds. The van der Waals surface area contributed by atoms with Gasteiger partial charge in [-0.1, -0.05) is 24.3 Å². The van der Waals surface area contributed by atoms with E-state index in [0.717, 1.165) is 21.5 Å². The van der Waals surface area contributed by atoms with Gasteiger partial charge in [0, 0.05) is 0 Å². The number of para-hydroxylation sites is 1. The maximum Gasteiger partial charge on any atom is 0.159 e. The molecule has 0 bridgehead atoms. The van der Waals surface area contributed by atoms with Gasteiger partial charge >= 0.3 is 0 Å². The first kappa shape index (κ1) is 12.8. The van der Waals surface area contributed by atoms with Gasteiger partial charge in [-0.25, -0.2) is 9.37 Å². The molecule has 3 aromatic rings. The van der Waals surface area contributed by atoms with Crippen LogP contribution in [0.1, 0.15) is 10.6 Å². The maximum atomic E-state index is 14.2. The number of aromatic nitrogens is 1. The van der Waals surface area contributed by atoms with Crippen LogP contribution in [0.25, 0.3) is 22.1 Å². The highest BCUT2D eigenvalue weighted by Gasteiger charge is 2.08. The van der Waals surface area contributed by atoms with E-state index in [1.807, 2.05) is 36.4 Å². The SMILES string of the molecule is COc1ccc(/C=C(/F)c2nc3ccccc3s2)cc1. The van der Waals surface area contributed by atoms with E-state index < -0.39 is 0 Å². The Kier molecular flexibility index (Phi) is 3.48. The molecule has 0 radical (unpaired) electrons. The predicted molar refractivity (Wildman–Crippen MR) is 81.6 cm³/mol. The van der Waals surface area contributed by atoms with Gasteiger partial charge < -0.3 is 4.74 Å². The number of ether oxygens (including phenoxy) is 1. The molecule has 2 nitrogen and oxygen atoms in total. The van der Waals surface area contributed by atoms with E-state index in [4.69, 9.17) is 4.74 Å². The van der Waals surface area contributed by atoms with Crippen LogP contribution < -0.4 is 4.74 Å². The van der Waals surface area contributed by atoms with Crippen LogP contribution in [0.2, 0.25) is 0 Å². The number of benzene rings is 2. The minimum Gasteiger partial charge on any atom is -0.497 e. The standard InChI is InChI=1S/C16H12FNOS/c1-19-12-8-6-11(7-9-12)10-13(17)16-18-14-4-2-3-5-15(14)20-16/h2-10H,1H3/b13-10+. The normalized spacial score (nSPS) is 11.8. The zero-order valence-electron chi connectivity index (χ0n) is 10.8. The highest BCUT2D eigenvalue weighted by Crippen LogP contribution is 2.29. The van der Waals surface area contributed by atoms with Gasteiger partial charge in [0.1, 0.15) is 5.75 Å². The summed E-state index contributed by atoms with van der Waals surface area (Å²) < 4.78 is 20.3. The molecular weight excluding hydrogens is 273 g/mol. The number of thiazole rings is 1. The summed E-state index contributed by atoms with van der Waals surface area (Å²) >= 11 is 1.35. The lowest BCUT2D eigenvalue weighted by Gasteiger charge is -1.99. The number of nitrogens with zero attached hydrogens (tertiary/aromatic N) is 1. The highest BCUT2D eigenvalue weighted by molar-refractivity contribution is 7.19. The fourth-order valence-corrected chi connectivity index (χ4v) is 2.76. The van der Waals surface area contributed by atoms with Gasteiger partial charge in [0.15, 0.2) is 10.8 Å². The van der Waals surface area contributed by atoms with E-state index in [0.29, 0.717) is 5.01 Å². The summed E-state index contributed by atoms with van der Waals surface area (Å²) in [5, 5.41) is 0.405. The third-order valence-corrected chi connectivity index (χ3v) is 3.95. The fourth-order valence-electron chi connectivity index (χ4n) is 1.88. The molecule has 0 unspecified atom stereocenters. The molecule has 0 saturated carbocycles. The topological polar surface area (TPSA) is 22.1 Å². The van der Waals surface area contributed by atoms with E-state index in [-0.39, 0.29) is 5.83 Å². The quantitative estimate of drug-likeness (QED) is 0.691. The smallest absolute Gasteiger partial charge is 0.159 e. The van der Waals surface area contributed by atoms with Crippen LogP contribution in [0.5, 0.6) is 5.75 Å². The Labute approximate surface area is 120 Å². The van der Waals surface area contributed by atoms with Crippen molar-refractivity contribution in [3.63, 3.8) is 0 Å². The summed E-state index contributed by atoms with van der Waals surface area (Å²) in [7, 11) is 1.60. The molecule has 0 aliphatic heterocycles. The van der Waals surface area contributed by atoms with Crippen molar-refractivity contribution in [2.45, 2.75) is 0 Å². The second kappa shape index (κ2) is 5.43. The number of hydrogen-bond donors (Lipinski definition) is 0. The molecule has 0 N–H and O–H groups in total. The zero-order chi connectivity index (χ0) is 13.9.